The van der Waals surface area contributed by atoms with E-state index in [4.69, 9.17) is 11.6 Å². The van der Waals surface area contributed by atoms with Crippen LogP contribution in [0.1, 0.15) is 0 Å². The molecule has 1 aromatic heterocycles. The van der Waals surface area contributed by atoms with Crippen molar-refractivity contribution in [2.75, 3.05) is 11.1 Å². The molecule has 2 aromatic carbocycles. The van der Waals surface area contributed by atoms with Crippen molar-refractivity contribution in [3.8, 4) is 0 Å². The lowest BCUT2D eigenvalue weighted by atomic mass is 10.2. The third kappa shape index (κ3) is 3.44. The highest BCUT2D eigenvalue weighted by Crippen LogP contribution is 2.22. The number of fused-ring (bicyclic) bond motifs is 1. The van der Waals surface area contributed by atoms with E-state index < -0.39 is 0 Å². The van der Waals surface area contributed by atoms with Gasteiger partial charge in [-0.3, -0.25) is 14.2 Å². The molecule has 0 aliphatic heterocycles. The number of anilines is 1. The minimum atomic E-state index is -0.212. The van der Waals surface area contributed by atoms with Gasteiger partial charge >= 0.3 is 0 Å². The molecule has 0 saturated heterocycles. The Morgan fingerprint density at radius 3 is 2.71 bits per heavy atom. The zero-order valence-corrected chi connectivity index (χ0v) is 14.4. The number of nitrogens with one attached hydrogen (secondary N) is 1. The first-order valence-corrected chi connectivity index (χ1v) is 8.55. The third-order valence-electron chi connectivity index (χ3n) is 3.42. The molecule has 3 aromatic rings. The van der Waals surface area contributed by atoms with Gasteiger partial charge in [0.15, 0.2) is 5.16 Å². The number of halogens is 1. The van der Waals surface area contributed by atoms with Gasteiger partial charge in [-0.25, -0.2) is 4.98 Å². The lowest BCUT2D eigenvalue weighted by molar-refractivity contribution is -0.113. The van der Waals surface area contributed by atoms with Gasteiger partial charge in [-0.05, 0) is 24.3 Å². The summed E-state index contributed by atoms with van der Waals surface area (Å²) in [5.41, 5.74) is 1.05. The number of para-hydroxylation sites is 2. The van der Waals surface area contributed by atoms with Crippen LogP contribution in [0.25, 0.3) is 10.9 Å². The normalized spacial score (nSPS) is 10.8. The minimum Gasteiger partial charge on any atom is -0.324 e. The maximum Gasteiger partial charge on any atom is 0.261 e. The van der Waals surface area contributed by atoms with Crippen molar-refractivity contribution in [3.63, 3.8) is 0 Å². The molecule has 3 rings (SSSR count). The van der Waals surface area contributed by atoms with Crippen molar-refractivity contribution in [1.82, 2.24) is 9.55 Å². The number of aromatic nitrogens is 2. The Morgan fingerprint density at radius 1 is 1.21 bits per heavy atom. The van der Waals surface area contributed by atoms with Gasteiger partial charge in [0.25, 0.3) is 5.56 Å². The lowest BCUT2D eigenvalue weighted by Crippen LogP contribution is -2.21. The molecule has 1 amide bonds. The highest BCUT2D eigenvalue weighted by molar-refractivity contribution is 7.99. The van der Waals surface area contributed by atoms with Gasteiger partial charge in [-0.2, -0.15) is 0 Å². The summed E-state index contributed by atoms with van der Waals surface area (Å²) in [4.78, 5) is 28.9. The molecule has 0 atom stereocenters. The molecule has 0 bridgehead atoms. The molecular formula is C17H14ClN3O2S. The van der Waals surface area contributed by atoms with Crippen LogP contribution >= 0.6 is 23.4 Å². The van der Waals surface area contributed by atoms with E-state index in [1.54, 1.807) is 49.5 Å². The standard InChI is InChI=1S/C17H14ClN3O2S/c1-21-16(23)11-6-2-4-8-13(11)20-17(21)24-10-15(22)19-14-9-5-3-7-12(14)18/h2-9H,10H2,1H3,(H,19,22). The minimum absolute atomic E-state index is 0.129. The van der Waals surface area contributed by atoms with E-state index in [2.05, 4.69) is 10.3 Å². The first-order valence-electron chi connectivity index (χ1n) is 7.19. The van der Waals surface area contributed by atoms with E-state index >= 15 is 0 Å². The van der Waals surface area contributed by atoms with Crippen LogP contribution in [0.15, 0.2) is 58.5 Å². The molecule has 0 aliphatic rings. The van der Waals surface area contributed by atoms with Crippen molar-refractivity contribution in [2.24, 2.45) is 7.05 Å². The summed E-state index contributed by atoms with van der Waals surface area (Å²) in [6.07, 6.45) is 0. The lowest BCUT2D eigenvalue weighted by Gasteiger charge is -2.09. The van der Waals surface area contributed by atoms with Gasteiger partial charge in [0.1, 0.15) is 0 Å². The summed E-state index contributed by atoms with van der Waals surface area (Å²) in [5.74, 6) is -0.0837. The van der Waals surface area contributed by atoms with Crippen LogP contribution in [0, 0.1) is 0 Å². The Morgan fingerprint density at radius 2 is 1.92 bits per heavy atom. The quantitative estimate of drug-likeness (QED) is 0.573. The first-order chi connectivity index (χ1) is 11.6. The predicted octanol–water partition coefficient (Wildman–Crippen LogP) is 3.32. The number of rotatable bonds is 4. The summed E-state index contributed by atoms with van der Waals surface area (Å²) in [7, 11) is 1.65. The highest BCUT2D eigenvalue weighted by Gasteiger charge is 2.11. The van der Waals surface area contributed by atoms with E-state index in [-0.39, 0.29) is 17.2 Å². The van der Waals surface area contributed by atoms with Crippen molar-refractivity contribution >= 4 is 45.9 Å². The average molecular weight is 360 g/mol. The topological polar surface area (TPSA) is 64.0 Å². The van der Waals surface area contributed by atoms with Gasteiger partial charge in [-0.15, -0.1) is 0 Å². The second-order valence-electron chi connectivity index (χ2n) is 5.09. The summed E-state index contributed by atoms with van der Waals surface area (Å²) < 4.78 is 1.45. The fraction of sp³-hybridized carbons (Fsp3) is 0.118. The van der Waals surface area contributed by atoms with Gasteiger partial charge in [0.05, 0.1) is 27.4 Å². The number of nitrogens with zero attached hydrogens (tertiary/aromatic N) is 2. The molecule has 0 spiro atoms. The molecule has 24 heavy (non-hydrogen) atoms. The average Bonchev–Trinajstić information content (AvgIpc) is 2.59. The van der Waals surface area contributed by atoms with Crippen LogP contribution in [0.4, 0.5) is 5.69 Å². The fourth-order valence-corrected chi connectivity index (χ4v) is 3.16. The zero-order chi connectivity index (χ0) is 17.1. The van der Waals surface area contributed by atoms with Crippen LogP contribution in [-0.4, -0.2) is 21.2 Å². The van der Waals surface area contributed by atoms with Crippen molar-refractivity contribution in [2.45, 2.75) is 5.16 Å². The van der Waals surface area contributed by atoms with E-state index in [0.29, 0.717) is 26.8 Å². The molecule has 0 radical (unpaired) electrons. The number of thioether (sulfide) groups is 1. The maximum absolute atomic E-state index is 12.3. The molecule has 5 nitrogen and oxygen atoms in total. The number of carbonyl (C=O) groups is 1. The Balaban J connectivity index is 1.76. The molecule has 7 heteroatoms. The zero-order valence-electron chi connectivity index (χ0n) is 12.8. The Kier molecular flexibility index (Phi) is 4.87. The molecule has 122 valence electrons. The summed E-state index contributed by atoms with van der Waals surface area (Å²) in [6, 6.07) is 14.2. The van der Waals surface area contributed by atoms with Crippen LogP contribution in [0.5, 0.6) is 0 Å². The maximum atomic E-state index is 12.3. The van der Waals surface area contributed by atoms with Gasteiger partial charge in [0, 0.05) is 7.05 Å². The van der Waals surface area contributed by atoms with Gasteiger partial charge in [0.2, 0.25) is 5.91 Å². The smallest absolute Gasteiger partial charge is 0.261 e. The third-order valence-corrected chi connectivity index (χ3v) is 4.78. The molecular weight excluding hydrogens is 346 g/mol. The monoisotopic (exact) mass is 359 g/mol. The Labute approximate surface area is 147 Å². The Hall–Kier alpha value is -2.31. The van der Waals surface area contributed by atoms with E-state index in [9.17, 15) is 9.59 Å². The van der Waals surface area contributed by atoms with Crippen molar-refractivity contribution in [3.05, 3.63) is 63.9 Å². The number of hydrogen-bond acceptors (Lipinski definition) is 4. The van der Waals surface area contributed by atoms with Gasteiger partial charge < -0.3 is 5.32 Å². The molecule has 1 heterocycles. The fourth-order valence-electron chi connectivity index (χ4n) is 2.21. The van der Waals surface area contributed by atoms with E-state index in [1.165, 1.54) is 16.3 Å². The first kappa shape index (κ1) is 16.5. The SMILES string of the molecule is Cn1c(SCC(=O)Nc2ccccc2Cl)nc2ccccc2c1=O. The summed E-state index contributed by atoms with van der Waals surface area (Å²) >= 11 is 7.22. The molecule has 0 fully saturated rings. The van der Waals surface area contributed by atoms with Crippen molar-refractivity contribution < 1.29 is 4.79 Å². The van der Waals surface area contributed by atoms with Crippen molar-refractivity contribution in [1.29, 1.82) is 0 Å². The van der Waals surface area contributed by atoms with Gasteiger partial charge in [-0.1, -0.05) is 47.6 Å². The molecule has 0 aliphatic carbocycles. The second kappa shape index (κ2) is 7.07. The summed E-state index contributed by atoms with van der Waals surface area (Å²) in [5, 5.41) is 4.28. The molecule has 0 saturated carbocycles. The van der Waals surface area contributed by atoms with Crippen LogP contribution < -0.4 is 10.9 Å². The summed E-state index contributed by atoms with van der Waals surface area (Å²) in [6.45, 7) is 0. The van der Waals surface area contributed by atoms with Crippen LogP contribution in [0.3, 0.4) is 0 Å². The number of carbonyl (C=O) groups excluding carboxylic acids is 1. The van der Waals surface area contributed by atoms with Crippen LogP contribution in [-0.2, 0) is 11.8 Å². The number of benzene rings is 2. The highest BCUT2D eigenvalue weighted by atomic mass is 35.5. The van der Waals surface area contributed by atoms with E-state index in [1.807, 2.05) is 6.07 Å². The van der Waals surface area contributed by atoms with E-state index in [0.717, 1.165) is 0 Å². The number of amides is 1. The van der Waals surface area contributed by atoms with Crippen LogP contribution in [0.2, 0.25) is 5.02 Å². The number of hydrogen-bond donors (Lipinski definition) is 1. The second-order valence-corrected chi connectivity index (χ2v) is 6.44. The molecule has 0 unspecified atom stereocenters. The molecule has 1 N–H and O–H groups in total. The largest absolute Gasteiger partial charge is 0.324 e. The predicted molar refractivity (Wildman–Crippen MR) is 97.8 cm³/mol. The Bertz CT molecular complexity index is 971.